The van der Waals surface area contributed by atoms with Gasteiger partial charge in [-0.05, 0) is 195 Å². The molecule has 474 valence electrons. The van der Waals surface area contributed by atoms with Gasteiger partial charge in [-0.3, -0.25) is 14.4 Å². The highest BCUT2D eigenvalue weighted by molar-refractivity contribution is 5.89. The number of carbonyl (C=O) groups is 6. The first-order valence-corrected chi connectivity index (χ1v) is 30.6. The maximum Gasteiger partial charge on any atom is 0.335 e. The number of benzene rings is 6. The van der Waals surface area contributed by atoms with E-state index in [1.54, 1.807) is 129 Å². The Bertz CT molecular complexity index is 3430. The van der Waals surface area contributed by atoms with Crippen LogP contribution in [0.3, 0.4) is 0 Å². The summed E-state index contributed by atoms with van der Waals surface area (Å²) in [6.45, 7) is 3.40. The highest BCUT2D eigenvalue weighted by atomic mass is 19.1. The molecule has 3 aliphatic rings. The lowest BCUT2D eigenvalue weighted by atomic mass is 9.88. The van der Waals surface area contributed by atoms with Crippen LogP contribution >= 0.6 is 0 Å². The number of ketones is 3. The minimum atomic E-state index is -0.977. The Balaban J connectivity index is 0.000000192. The van der Waals surface area contributed by atoms with E-state index in [4.69, 9.17) is 15.3 Å². The summed E-state index contributed by atoms with van der Waals surface area (Å²) in [5.41, 5.74) is 6.14. The summed E-state index contributed by atoms with van der Waals surface area (Å²) in [6, 6.07) is 33.3. The second-order valence-corrected chi connectivity index (χ2v) is 23.8. The molecule has 3 unspecified atom stereocenters. The maximum absolute atomic E-state index is 14.1. The van der Waals surface area contributed by atoms with Crippen LogP contribution in [0.15, 0.2) is 164 Å². The largest absolute Gasteiger partial charge is 0.478 e. The number of carboxylic acid groups (broad SMARTS) is 3. The van der Waals surface area contributed by atoms with Gasteiger partial charge in [0.1, 0.15) is 40.6 Å². The topological polar surface area (TPSA) is 224 Å². The fourth-order valence-corrected chi connectivity index (χ4v) is 12.1. The molecule has 16 heteroatoms. The number of aliphatic hydroxyl groups is 3. The Morgan fingerprint density at radius 3 is 1.21 bits per heavy atom. The van der Waals surface area contributed by atoms with Crippen LogP contribution < -0.4 is 0 Å². The van der Waals surface area contributed by atoms with Crippen LogP contribution in [0.2, 0.25) is 0 Å². The normalized spacial score (nSPS) is 20.0. The summed E-state index contributed by atoms with van der Waals surface area (Å²) < 4.78 is 54.8. The molecule has 0 heterocycles. The monoisotopic (exact) mass is 1230 g/mol. The van der Waals surface area contributed by atoms with Crippen molar-refractivity contribution in [1.29, 1.82) is 0 Å². The standard InChI is InChI=1S/2C25H27FO4.C24H24F2O4/c1-16-2-3-18(15-23(16)26)14-21(27)11-9-19-10-13-24(28)22(19)12-6-17-4-7-20(8-5-17)25(29)30;1-16-3-2-4-20(24(16)26)15-21(27)12-10-18-11-14-23(28)22(18)13-7-17-5-8-19(9-6-17)25(29)30;25-19-8-11-22(26)18(13-19)14-20(27)9-6-16-7-12-23(28)21(16)10-3-15-1-4-17(5-2-15)24(29)30/h2-5,7-9,11,15,19,21-22,27H,6,10,12-14H2,1H3,(H,29,30);2-6,8-10,12,18,21-22,27H,7,11,13-15H2,1H3,(H,29,30);1-2,4-6,8-9,11,13,16,20-21,27H,3,7,10,12,14H2,(H,29,30)/b11-9+;12-10+;9-6+/t19-,21?,22+;18-,21?,22+;16-,20?,21+/m000/s1. The molecule has 9 atom stereocenters. The molecule has 3 saturated carbocycles. The third-order valence-electron chi connectivity index (χ3n) is 17.4. The average Bonchev–Trinajstić information content (AvgIpc) is 3.21. The molecule has 9 rings (SSSR count). The van der Waals surface area contributed by atoms with Crippen molar-refractivity contribution < 1.29 is 77.0 Å². The van der Waals surface area contributed by atoms with E-state index in [0.29, 0.717) is 87.3 Å². The summed E-state index contributed by atoms with van der Waals surface area (Å²) in [5.74, 6) is -4.16. The molecule has 0 spiro atoms. The number of carboxylic acids is 3. The number of hydrogen-bond acceptors (Lipinski definition) is 9. The Labute approximate surface area is 522 Å². The van der Waals surface area contributed by atoms with Gasteiger partial charge in [0.2, 0.25) is 0 Å². The zero-order valence-electron chi connectivity index (χ0n) is 50.5. The lowest BCUT2D eigenvalue weighted by Crippen LogP contribution is -2.15. The molecule has 0 amide bonds. The number of aryl methyl sites for hydroxylation is 5. The van der Waals surface area contributed by atoms with E-state index in [0.717, 1.165) is 53.3 Å². The van der Waals surface area contributed by atoms with Crippen LogP contribution in [-0.2, 0) is 52.9 Å². The first kappa shape index (κ1) is 69.0. The van der Waals surface area contributed by atoms with E-state index in [9.17, 15) is 61.6 Å². The van der Waals surface area contributed by atoms with Gasteiger partial charge in [0.05, 0.1) is 35.0 Å². The number of hydrogen-bond donors (Lipinski definition) is 6. The molecule has 3 fully saturated rings. The second kappa shape index (κ2) is 33.4. The molecule has 6 aromatic rings. The van der Waals surface area contributed by atoms with E-state index in [2.05, 4.69) is 0 Å². The van der Waals surface area contributed by atoms with Crippen molar-refractivity contribution in [2.24, 2.45) is 35.5 Å². The van der Waals surface area contributed by atoms with Gasteiger partial charge in [-0.25, -0.2) is 31.9 Å². The van der Waals surface area contributed by atoms with Crippen molar-refractivity contribution in [2.75, 3.05) is 0 Å². The molecule has 90 heavy (non-hydrogen) atoms. The Hall–Kier alpha value is -8.44. The number of carbonyl (C=O) groups excluding carboxylic acids is 3. The van der Waals surface area contributed by atoms with Crippen LogP contribution in [0.4, 0.5) is 17.6 Å². The van der Waals surface area contributed by atoms with E-state index >= 15 is 0 Å². The van der Waals surface area contributed by atoms with E-state index < -0.39 is 47.9 Å². The van der Waals surface area contributed by atoms with Crippen molar-refractivity contribution in [3.63, 3.8) is 0 Å². The van der Waals surface area contributed by atoms with Crippen molar-refractivity contribution in [2.45, 2.75) is 128 Å². The van der Waals surface area contributed by atoms with Crippen LogP contribution in [-0.4, -0.2) is 84.2 Å². The Morgan fingerprint density at radius 1 is 0.444 bits per heavy atom. The Morgan fingerprint density at radius 2 is 0.822 bits per heavy atom. The highest BCUT2D eigenvalue weighted by Gasteiger charge is 2.35. The summed E-state index contributed by atoms with van der Waals surface area (Å²) in [5, 5.41) is 57.8. The highest BCUT2D eigenvalue weighted by Crippen LogP contribution is 2.36. The van der Waals surface area contributed by atoms with Gasteiger partial charge in [-0.15, -0.1) is 0 Å². The van der Waals surface area contributed by atoms with Crippen molar-refractivity contribution in [1.82, 2.24) is 0 Å². The SMILES string of the molecule is Cc1ccc(CC(O)/C=C/[C@H]2CCC(=O)[C@@H]2CCc2ccc(C(=O)O)cc2)cc1F.Cc1cccc(CC(O)/C=C/[C@H]2CCC(=O)[C@@H]2CCc2ccc(C(=O)O)cc2)c1F.O=C(O)c1ccc(CC[C@H]2C(=O)CC[C@@H]2/C=C/C(O)Cc2cc(F)ccc2F)cc1. The molecule has 6 aromatic carbocycles. The fraction of sp³-hybridized carbons (Fsp3) is 0.351. The van der Waals surface area contributed by atoms with E-state index in [-0.39, 0.29) is 99.6 Å². The minimum absolute atomic E-state index is 0.0113. The molecular formula is C74H78F4O12. The molecule has 0 radical (unpaired) electrons. The summed E-state index contributed by atoms with van der Waals surface area (Å²) in [4.78, 5) is 69.8. The molecular weight excluding hydrogens is 1160 g/mol. The van der Waals surface area contributed by atoms with Gasteiger partial charge in [0, 0.05) is 56.3 Å². The summed E-state index contributed by atoms with van der Waals surface area (Å²) >= 11 is 0. The van der Waals surface area contributed by atoms with Crippen LogP contribution in [0, 0.1) is 72.6 Å². The molecule has 0 aliphatic heterocycles. The van der Waals surface area contributed by atoms with Gasteiger partial charge in [0.25, 0.3) is 0 Å². The van der Waals surface area contributed by atoms with E-state index in [1.807, 2.05) is 24.3 Å². The first-order valence-electron chi connectivity index (χ1n) is 30.6. The summed E-state index contributed by atoms with van der Waals surface area (Å²) in [7, 11) is 0. The average molecular weight is 1240 g/mol. The minimum Gasteiger partial charge on any atom is -0.478 e. The van der Waals surface area contributed by atoms with Gasteiger partial charge in [-0.2, -0.15) is 0 Å². The second-order valence-electron chi connectivity index (χ2n) is 23.8. The van der Waals surface area contributed by atoms with Gasteiger partial charge >= 0.3 is 17.9 Å². The number of aromatic carboxylic acids is 3. The quantitative estimate of drug-likeness (QED) is 0.0246. The first-order chi connectivity index (χ1) is 43.0. The Kier molecular flexibility index (Phi) is 25.6. The predicted octanol–water partition coefficient (Wildman–Crippen LogP) is 13.4. The van der Waals surface area contributed by atoms with Crippen molar-refractivity contribution >= 4 is 35.3 Å². The third-order valence-corrected chi connectivity index (χ3v) is 17.4. The van der Waals surface area contributed by atoms with Crippen LogP contribution in [0.5, 0.6) is 0 Å². The van der Waals surface area contributed by atoms with Crippen LogP contribution in [0.25, 0.3) is 0 Å². The fourth-order valence-electron chi connectivity index (χ4n) is 12.1. The number of halogens is 4. The van der Waals surface area contributed by atoms with E-state index in [1.165, 1.54) is 6.07 Å². The lowest BCUT2D eigenvalue weighted by Gasteiger charge is -2.16. The number of rotatable bonds is 24. The zero-order chi connectivity index (χ0) is 65.0. The maximum atomic E-state index is 14.1. The summed E-state index contributed by atoms with van der Waals surface area (Å²) in [6.07, 6.45) is 16.4. The lowest BCUT2D eigenvalue weighted by molar-refractivity contribution is -0.122. The third kappa shape index (κ3) is 20.6. The van der Waals surface area contributed by atoms with Gasteiger partial charge in [0.15, 0.2) is 0 Å². The number of allylic oxidation sites excluding steroid dienone is 3. The predicted molar refractivity (Wildman–Crippen MR) is 334 cm³/mol. The molecule has 12 nitrogen and oxygen atoms in total. The van der Waals surface area contributed by atoms with Gasteiger partial charge < -0.3 is 30.6 Å². The van der Waals surface area contributed by atoms with Crippen molar-refractivity contribution in [3.05, 3.63) is 248 Å². The van der Waals surface area contributed by atoms with Crippen molar-refractivity contribution in [3.8, 4) is 0 Å². The molecule has 0 saturated heterocycles. The molecule has 3 aliphatic carbocycles. The zero-order valence-corrected chi connectivity index (χ0v) is 50.5. The number of aliphatic hydroxyl groups excluding tert-OH is 3. The smallest absolute Gasteiger partial charge is 0.335 e. The molecule has 6 N–H and O–H groups in total. The number of Topliss-reactive ketones (excluding diaryl/α,β-unsaturated/α-hetero) is 3. The molecule has 0 aromatic heterocycles. The van der Waals surface area contributed by atoms with Gasteiger partial charge in [-0.1, -0.05) is 103 Å². The van der Waals surface area contributed by atoms with Crippen LogP contribution in [0.1, 0.15) is 133 Å². The molecule has 0 bridgehead atoms.